The highest BCUT2D eigenvalue weighted by molar-refractivity contribution is 5.76. The molecule has 78 heavy (non-hydrogen) atoms. The van der Waals surface area contributed by atoms with E-state index in [0.29, 0.717) is 25.9 Å². The van der Waals surface area contributed by atoms with Gasteiger partial charge >= 0.3 is 5.97 Å². The lowest BCUT2D eigenvalue weighted by Crippen LogP contribution is -2.45. The standard InChI is InChI=1S/C72H141NO5/c1-3-5-7-9-11-13-15-17-19-34-38-42-46-50-54-58-62-66-72(77)78-67-63-59-55-51-47-43-39-36-33-31-29-27-25-23-21-20-22-24-26-28-30-32-35-37-41-45-49-53-57-61-65-71(76)73-69(68-74)70(75)64-60-56-52-48-44-40-18-16-14-12-10-8-6-4-2/h21,23,69-70,74-75H,3-20,22,24-68H2,1-2H3,(H,73,76)/b23-21-. The fraction of sp³-hybridized carbons (Fsp3) is 0.944. The first-order chi connectivity index (χ1) is 38.5. The number of rotatable bonds is 68. The van der Waals surface area contributed by atoms with Crippen molar-refractivity contribution in [2.24, 2.45) is 0 Å². The summed E-state index contributed by atoms with van der Waals surface area (Å²) in [6.45, 7) is 5.00. The molecule has 6 nitrogen and oxygen atoms in total. The summed E-state index contributed by atoms with van der Waals surface area (Å²) in [5.41, 5.74) is 0. The second-order valence-corrected chi connectivity index (χ2v) is 24.9. The first kappa shape index (κ1) is 76.6. The summed E-state index contributed by atoms with van der Waals surface area (Å²) in [5.74, 6) is -0.00846. The molecule has 3 N–H and O–H groups in total. The van der Waals surface area contributed by atoms with Crippen molar-refractivity contribution >= 4 is 11.9 Å². The molecule has 464 valence electrons. The molecular formula is C72H141NO5. The maximum Gasteiger partial charge on any atom is 0.305 e. The lowest BCUT2D eigenvalue weighted by atomic mass is 10.0. The van der Waals surface area contributed by atoms with Gasteiger partial charge in [0.25, 0.3) is 0 Å². The molecule has 1 amide bonds. The summed E-state index contributed by atoms with van der Waals surface area (Å²) in [5, 5.41) is 23.3. The van der Waals surface area contributed by atoms with Crippen molar-refractivity contribution in [3.63, 3.8) is 0 Å². The Morgan fingerprint density at radius 2 is 0.603 bits per heavy atom. The minimum atomic E-state index is -0.662. The molecule has 2 unspecified atom stereocenters. The van der Waals surface area contributed by atoms with Gasteiger partial charge in [-0.3, -0.25) is 9.59 Å². The van der Waals surface area contributed by atoms with Crippen molar-refractivity contribution in [3.8, 4) is 0 Å². The van der Waals surface area contributed by atoms with Crippen LogP contribution in [0.2, 0.25) is 0 Å². The molecule has 0 spiro atoms. The van der Waals surface area contributed by atoms with Crippen LogP contribution in [0.25, 0.3) is 0 Å². The van der Waals surface area contributed by atoms with Crippen LogP contribution >= 0.6 is 0 Å². The molecule has 0 rings (SSSR count). The number of esters is 1. The third-order valence-electron chi connectivity index (χ3n) is 17.1. The van der Waals surface area contributed by atoms with Crippen LogP contribution in [0, 0.1) is 0 Å². The van der Waals surface area contributed by atoms with Crippen molar-refractivity contribution < 1.29 is 24.5 Å². The number of nitrogens with one attached hydrogen (secondary N) is 1. The Labute approximate surface area is 489 Å². The Morgan fingerprint density at radius 3 is 0.910 bits per heavy atom. The van der Waals surface area contributed by atoms with Crippen LogP contribution in [-0.4, -0.2) is 47.4 Å². The SMILES string of the molecule is CCCCCCCCCCCCCCCCCCCC(=O)OCCCCCCCCCCCCCC/C=C\CCCCCCCCCCCCCCCCC(=O)NC(CO)C(O)CCCCCCCCCCCCCCCC. The predicted octanol–water partition coefficient (Wildman–Crippen LogP) is 23.1. The summed E-state index contributed by atoms with van der Waals surface area (Å²) in [6.07, 6.45) is 84.1. The van der Waals surface area contributed by atoms with E-state index in [2.05, 4.69) is 31.3 Å². The van der Waals surface area contributed by atoms with E-state index in [1.54, 1.807) is 0 Å². The molecule has 6 heteroatoms. The summed E-state index contributed by atoms with van der Waals surface area (Å²) in [4.78, 5) is 24.6. The van der Waals surface area contributed by atoms with Gasteiger partial charge in [-0.25, -0.2) is 0 Å². The smallest absolute Gasteiger partial charge is 0.305 e. The van der Waals surface area contributed by atoms with Crippen LogP contribution < -0.4 is 5.32 Å². The van der Waals surface area contributed by atoms with Gasteiger partial charge < -0.3 is 20.3 Å². The van der Waals surface area contributed by atoms with E-state index in [1.165, 1.54) is 340 Å². The van der Waals surface area contributed by atoms with Gasteiger partial charge in [0.05, 0.1) is 25.4 Å². The van der Waals surface area contributed by atoms with E-state index in [9.17, 15) is 19.8 Å². The van der Waals surface area contributed by atoms with Gasteiger partial charge in [-0.1, -0.05) is 360 Å². The second kappa shape index (κ2) is 68.1. The predicted molar refractivity (Wildman–Crippen MR) is 343 cm³/mol. The van der Waals surface area contributed by atoms with E-state index in [1.807, 2.05) is 0 Å². The Kier molecular flexibility index (Phi) is 66.9. The van der Waals surface area contributed by atoms with E-state index in [-0.39, 0.29) is 18.5 Å². The fourth-order valence-electron chi connectivity index (χ4n) is 11.6. The minimum Gasteiger partial charge on any atom is -0.466 e. The Balaban J connectivity index is 3.33. The molecule has 0 aromatic carbocycles. The number of aliphatic hydroxyl groups is 2. The summed E-state index contributed by atoms with van der Waals surface area (Å²) < 4.78 is 5.51. The van der Waals surface area contributed by atoms with Crippen molar-refractivity contribution in [2.45, 2.75) is 424 Å². The molecule has 0 saturated heterocycles. The summed E-state index contributed by atoms with van der Waals surface area (Å²) >= 11 is 0. The maximum absolute atomic E-state index is 12.5. The third-order valence-corrected chi connectivity index (χ3v) is 17.1. The molecule has 0 saturated carbocycles. The number of allylic oxidation sites excluding steroid dienone is 2. The van der Waals surface area contributed by atoms with Crippen molar-refractivity contribution in [3.05, 3.63) is 12.2 Å². The molecule has 0 aliphatic rings. The molecule has 0 radical (unpaired) electrons. The zero-order valence-corrected chi connectivity index (χ0v) is 53.2. The lowest BCUT2D eigenvalue weighted by molar-refractivity contribution is -0.143. The Bertz CT molecular complexity index is 1180. The van der Waals surface area contributed by atoms with Crippen LogP contribution in [0.4, 0.5) is 0 Å². The monoisotopic (exact) mass is 1100 g/mol. The lowest BCUT2D eigenvalue weighted by Gasteiger charge is -2.22. The normalized spacial score (nSPS) is 12.5. The van der Waals surface area contributed by atoms with Crippen molar-refractivity contribution in [2.75, 3.05) is 13.2 Å². The fourth-order valence-corrected chi connectivity index (χ4v) is 11.6. The Morgan fingerprint density at radius 1 is 0.346 bits per heavy atom. The summed E-state index contributed by atoms with van der Waals surface area (Å²) in [6, 6.07) is -0.539. The Hall–Kier alpha value is -1.40. The molecule has 0 aliphatic carbocycles. The first-order valence-electron chi connectivity index (χ1n) is 35.9. The minimum absolute atomic E-state index is 0.0221. The van der Waals surface area contributed by atoms with Crippen LogP contribution in [0.3, 0.4) is 0 Å². The molecule has 0 aromatic rings. The molecule has 0 aromatic heterocycles. The topological polar surface area (TPSA) is 95.9 Å². The average molecular weight is 1100 g/mol. The third kappa shape index (κ3) is 63.8. The van der Waals surface area contributed by atoms with Crippen LogP contribution in [0.15, 0.2) is 12.2 Å². The van der Waals surface area contributed by atoms with Gasteiger partial charge in [0.15, 0.2) is 0 Å². The number of aliphatic hydroxyl groups excluding tert-OH is 2. The molecule has 0 aliphatic heterocycles. The zero-order valence-electron chi connectivity index (χ0n) is 53.2. The van der Waals surface area contributed by atoms with E-state index in [4.69, 9.17) is 4.74 Å². The first-order valence-corrected chi connectivity index (χ1v) is 35.9. The number of hydrogen-bond acceptors (Lipinski definition) is 5. The van der Waals surface area contributed by atoms with Gasteiger partial charge in [-0.2, -0.15) is 0 Å². The highest BCUT2D eigenvalue weighted by atomic mass is 16.5. The van der Waals surface area contributed by atoms with Gasteiger partial charge in [0, 0.05) is 12.8 Å². The zero-order chi connectivity index (χ0) is 56.4. The van der Waals surface area contributed by atoms with Crippen molar-refractivity contribution in [1.29, 1.82) is 0 Å². The molecule has 0 fully saturated rings. The van der Waals surface area contributed by atoms with E-state index >= 15 is 0 Å². The highest BCUT2D eigenvalue weighted by Crippen LogP contribution is 2.19. The number of carbonyl (C=O) groups excluding carboxylic acids is 2. The maximum atomic E-state index is 12.5. The number of hydrogen-bond donors (Lipinski definition) is 3. The number of unbranched alkanes of at least 4 members (excludes halogenated alkanes) is 55. The van der Waals surface area contributed by atoms with E-state index < -0.39 is 12.1 Å². The molecule has 0 heterocycles. The van der Waals surface area contributed by atoms with Gasteiger partial charge in [0.1, 0.15) is 0 Å². The quantitative estimate of drug-likeness (QED) is 0.0320. The summed E-state index contributed by atoms with van der Waals surface area (Å²) in [7, 11) is 0. The number of amides is 1. The van der Waals surface area contributed by atoms with Crippen LogP contribution in [0.5, 0.6) is 0 Å². The second-order valence-electron chi connectivity index (χ2n) is 24.9. The highest BCUT2D eigenvalue weighted by Gasteiger charge is 2.20. The molecule has 0 bridgehead atoms. The van der Waals surface area contributed by atoms with Gasteiger partial charge in [0.2, 0.25) is 5.91 Å². The van der Waals surface area contributed by atoms with Crippen LogP contribution in [-0.2, 0) is 14.3 Å². The van der Waals surface area contributed by atoms with Crippen LogP contribution in [0.1, 0.15) is 412 Å². The number of carbonyl (C=O) groups is 2. The number of ether oxygens (including phenoxy) is 1. The largest absolute Gasteiger partial charge is 0.466 e. The average Bonchev–Trinajstić information content (AvgIpc) is 3.44. The molecular weight excluding hydrogens is 959 g/mol. The molecule has 2 atom stereocenters. The van der Waals surface area contributed by atoms with Crippen molar-refractivity contribution in [1.82, 2.24) is 5.32 Å². The van der Waals surface area contributed by atoms with E-state index in [0.717, 1.165) is 38.5 Å². The van der Waals surface area contributed by atoms with Gasteiger partial charge in [-0.05, 0) is 51.4 Å². The van der Waals surface area contributed by atoms with Gasteiger partial charge in [-0.15, -0.1) is 0 Å².